The summed E-state index contributed by atoms with van der Waals surface area (Å²) in [5.74, 6) is -1.03. The van der Waals surface area contributed by atoms with Crippen LogP contribution >= 0.6 is 23.2 Å². The van der Waals surface area contributed by atoms with E-state index in [1.165, 1.54) is 18.3 Å². The maximum absolute atomic E-state index is 13.7. The number of carbonyl (C=O) groups is 1. The second-order valence-corrected chi connectivity index (χ2v) is 9.47. The number of pyridine rings is 1. The summed E-state index contributed by atoms with van der Waals surface area (Å²) in [5.41, 5.74) is 4.11. The average Bonchev–Trinajstić information content (AvgIpc) is 3.17. The fourth-order valence-corrected chi connectivity index (χ4v) is 4.82. The molecule has 3 heterocycles. The number of aromatic nitrogens is 2. The summed E-state index contributed by atoms with van der Waals surface area (Å²) >= 11 is 12.0. The number of benzene rings is 2. The molecule has 0 radical (unpaired) electrons. The summed E-state index contributed by atoms with van der Waals surface area (Å²) in [6.45, 7) is 2.25. The highest BCUT2D eigenvalue weighted by molar-refractivity contribution is 6.31. The van der Waals surface area contributed by atoms with Gasteiger partial charge < -0.3 is 5.32 Å². The highest BCUT2D eigenvalue weighted by Gasteiger charge is 2.26. The van der Waals surface area contributed by atoms with Crippen LogP contribution < -0.4 is 5.32 Å². The Hall–Kier alpha value is -3.26. The minimum absolute atomic E-state index is 0.101. The highest BCUT2D eigenvalue weighted by Crippen LogP contribution is 2.32. The Kier molecular flexibility index (Phi) is 7.05. The van der Waals surface area contributed by atoms with Gasteiger partial charge in [-0.2, -0.15) is 4.39 Å². The minimum Gasteiger partial charge on any atom is -0.333 e. The van der Waals surface area contributed by atoms with Crippen molar-refractivity contribution in [2.75, 3.05) is 13.1 Å². The highest BCUT2D eigenvalue weighted by atomic mass is 35.5. The Balaban J connectivity index is 1.36. The summed E-state index contributed by atoms with van der Waals surface area (Å²) < 4.78 is 28.8. The number of rotatable bonds is 5. The van der Waals surface area contributed by atoms with E-state index in [2.05, 4.69) is 15.2 Å². The van der Waals surface area contributed by atoms with Crippen molar-refractivity contribution in [3.05, 3.63) is 105 Å². The normalized spacial score (nSPS) is 13.9. The molecule has 0 aliphatic carbocycles. The van der Waals surface area contributed by atoms with Crippen LogP contribution in [0.3, 0.4) is 0 Å². The van der Waals surface area contributed by atoms with Crippen LogP contribution in [0.25, 0.3) is 17.0 Å². The van der Waals surface area contributed by atoms with Gasteiger partial charge in [0.1, 0.15) is 5.82 Å². The van der Waals surface area contributed by atoms with Crippen molar-refractivity contribution in [1.82, 2.24) is 19.8 Å². The van der Waals surface area contributed by atoms with E-state index in [4.69, 9.17) is 23.2 Å². The molecule has 0 fully saturated rings. The Bertz CT molecular complexity index is 1480. The third-order valence-electron chi connectivity index (χ3n) is 6.25. The van der Waals surface area contributed by atoms with Gasteiger partial charge in [0, 0.05) is 54.9 Å². The summed E-state index contributed by atoms with van der Waals surface area (Å²) in [6, 6.07) is 12.9. The Labute approximate surface area is 216 Å². The summed E-state index contributed by atoms with van der Waals surface area (Å²) in [6.07, 6.45) is 5.90. The van der Waals surface area contributed by atoms with Crippen LogP contribution in [0, 0.1) is 11.8 Å². The summed E-state index contributed by atoms with van der Waals surface area (Å²) in [5, 5.41) is 4.49. The molecule has 2 aromatic carbocycles. The fraction of sp³-hybridized carbons (Fsp3) is 0.185. The van der Waals surface area contributed by atoms with Crippen LogP contribution in [0.15, 0.2) is 60.8 Å². The lowest BCUT2D eigenvalue weighted by Gasteiger charge is -2.27. The predicted molar refractivity (Wildman–Crippen MR) is 138 cm³/mol. The van der Waals surface area contributed by atoms with Crippen molar-refractivity contribution < 1.29 is 13.6 Å². The molecule has 0 unspecified atom stereocenters. The molecular weight excluding hydrogens is 505 g/mol. The third-order valence-corrected chi connectivity index (χ3v) is 6.79. The van der Waals surface area contributed by atoms with Crippen molar-refractivity contribution in [2.45, 2.75) is 19.5 Å². The van der Waals surface area contributed by atoms with Gasteiger partial charge in [-0.25, -0.2) is 14.2 Å². The number of hydrogen-bond acceptors (Lipinski definition) is 3. The molecular formula is C27H22Cl2F2N4O. The average molecular weight is 527 g/mol. The first-order valence-corrected chi connectivity index (χ1v) is 12.2. The number of hydrogen-bond donors (Lipinski definition) is 1. The van der Waals surface area contributed by atoms with Crippen molar-refractivity contribution in [2.24, 2.45) is 0 Å². The largest absolute Gasteiger partial charge is 0.333 e. The monoisotopic (exact) mass is 526 g/mol. The first-order chi connectivity index (χ1) is 17.4. The molecule has 2 aromatic heterocycles. The van der Waals surface area contributed by atoms with Crippen LogP contribution in [0.4, 0.5) is 13.6 Å². The van der Waals surface area contributed by atoms with Crippen LogP contribution in [0.1, 0.15) is 22.4 Å². The van der Waals surface area contributed by atoms with E-state index in [1.807, 2.05) is 24.3 Å². The molecule has 5 nitrogen and oxygen atoms in total. The quantitative estimate of drug-likeness (QED) is 0.304. The lowest BCUT2D eigenvalue weighted by atomic mass is 10.0. The first kappa shape index (κ1) is 24.4. The molecule has 4 aromatic rings. The first-order valence-electron chi connectivity index (χ1n) is 11.4. The zero-order valence-corrected chi connectivity index (χ0v) is 20.7. The molecule has 0 atom stereocenters. The van der Waals surface area contributed by atoms with Gasteiger partial charge in [-0.1, -0.05) is 47.5 Å². The Morgan fingerprint density at radius 1 is 1.11 bits per heavy atom. The van der Waals surface area contributed by atoms with Crippen LogP contribution in [0.5, 0.6) is 0 Å². The molecule has 0 bridgehead atoms. The second kappa shape index (κ2) is 10.4. The Morgan fingerprint density at radius 3 is 2.78 bits per heavy atom. The van der Waals surface area contributed by atoms with E-state index in [0.29, 0.717) is 30.1 Å². The second-order valence-electron chi connectivity index (χ2n) is 8.63. The van der Waals surface area contributed by atoms with E-state index in [9.17, 15) is 13.6 Å². The zero-order chi connectivity index (χ0) is 25.2. The van der Waals surface area contributed by atoms with Gasteiger partial charge in [-0.05, 0) is 53.1 Å². The van der Waals surface area contributed by atoms with E-state index in [1.54, 1.807) is 28.8 Å². The standard InChI is InChI=1S/C27H22Cl2F2N4O/c28-19-4-5-20-21-16-34(10-1-2-17-3-6-22(29)23(30)12-17)11-8-24(21)35(25(20)14-19)27(36)33-15-18-7-9-32-26(31)13-18/h1-7,9,12-14H,8,10-11,15-16H2,(H,33,36)/b2-1+. The molecule has 0 saturated carbocycles. The van der Waals surface area contributed by atoms with Gasteiger partial charge in [0.25, 0.3) is 0 Å². The van der Waals surface area contributed by atoms with Gasteiger partial charge in [-0.3, -0.25) is 9.47 Å². The molecule has 184 valence electrons. The van der Waals surface area contributed by atoms with E-state index in [-0.39, 0.29) is 17.6 Å². The lowest BCUT2D eigenvalue weighted by molar-refractivity contribution is 0.240. The van der Waals surface area contributed by atoms with Crippen LogP contribution in [-0.2, 0) is 19.5 Å². The zero-order valence-electron chi connectivity index (χ0n) is 19.1. The van der Waals surface area contributed by atoms with Gasteiger partial charge in [0.05, 0.1) is 10.5 Å². The van der Waals surface area contributed by atoms with Crippen LogP contribution in [0.2, 0.25) is 10.0 Å². The maximum Gasteiger partial charge on any atom is 0.326 e. The van der Waals surface area contributed by atoms with E-state index < -0.39 is 11.8 Å². The third kappa shape index (κ3) is 5.14. The van der Waals surface area contributed by atoms with Gasteiger partial charge in [0.2, 0.25) is 5.95 Å². The van der Waals surface area contributed by atoms with Gasteiger partial charge in [0.15, 0.2) is 0 Å². The number of carbonyl (C=O) groups excluding carboxylic acids is 1. The Morgan fingerprint density at radius 2 is 1.97 bits per heavy atom. The minimum atomic E-state index is -0.590. The smallest absolute Gasteiger partial charge is 0.326 e. The topological polar surface area (TPSA) is 50.2 Å². The maximum atomic E-state index is 13.7. The molecule has 36 heavy (non-hydrogen) atoms. The molecule has 1 aliphatic rings. The van der Waals surface area contributed by atoms with Crippen molar-refractivity contribution in [3.8, 4) is 0 Å². The molecule has 5 rings (SSSR count). The van der Waals surface area contributed by atoms with Crippen molar-refractivity contribution in [1.29, 1.82) is 0 Å². The number of nitrogens with one attached hydrogen (secondary N) is 1. The lowest BCUT2D eigenvalue weighted by Crippen LogP contribution is -2.34. The SMILES string of the molecule is O=C(NCc1ccnc(F)c1)n1c2c(c3ccc(Cl)cc31)CN(C/C=C/c1ccc(Cl)c(F)c1)CC2. The molecule has 9 heteroatoms. The number of halogens is 4. The number of amides is 1. The molecule has 1 N–H and O–H groups in total. The number of fused-ring (bicyclic) bond motifs is 3. The summed E-state index contributed by atoms with van der Waals surface area (Å²) in [7, 11) is 0. The predicted octanol–water partition coefficient (Wildman–Crippen LogP) is 6.45. The molecule has 1 aliphatic heterocycles. The van der Waals surface area contributed by atoms with Gasteiger partial charge in [-0.15, -0.1) is 0 Å². The fourth-order valence-electron chi connectivity index (χ4n) is 4.54. The summed E-state index contributed by atoms with van der Waals surface area (Å²) in [4.78, 5) is 19.1. The van der Waals surface area contributed by atoms with Crippen LogP contribution in [-0.4, -0.2) is 33.6 Å². The van der Waals surface area contributed by atoms with E-state index >= 15 is 0 Å². The molecule has 0 saturated heterocycles. The number of nitrogens with zero attached hydrogens (tertiary/aromatic N) is 3. The van der Waals surface area contributed by atoms with E-state index in [0.717, 1.165) is 34.3 Å². The molecule has 0 spiro atoms. The van der Waals surface area contributed by atoms with Crippen molar-refractivity contribution >= 4 is 46.2 Å². The molecule has 1 amide bonds. The van der Waals surface area contributed by atoms with Gasteiger partial charge >= 0.3 is 6.03 Å². The van der Waals surface area contributed by atoms with Crippen molar-refractivity contribution in [3.63, 3.8) is 0 Å².